The van der Waals surface area contributed by atoms with Gasteiger partial charge in [-0.2, -0.15) is 4.31 Å². The van der Waals surface area contributed by atoms with Crippen LogP contribution in [0.15, 0.2) is 35.4 Å². The van der Waals surface area contributed by atoms with Crippen molar-refractivity contribution in [1.82, 2.24) is 8.87 Å². The summed E-state index contributed by atoms with van der Waals surface area (Å²) in [5.74, 6) is -3.33. The second-order valence-corrected chi connectivity index (χ2v) is 7.52. The first-order valence-corrected chi connectivity index (χ1v) is 8.90. The first-order valence-electron chi connectivity index (χ1n) is 7.46. The van der Waals surface area contributed by atoms with E-state index in [-0.39, 0.29) is 16.2 Å². The third-order valence-corrected chi connectivity index (χ3v) is 5.97. The first-order chi connectivity index (χ1) is 11.6. The number of carboxylic acid groups (broad SMARTS) is 1. The van der Waals surface area contributed by atoms with Crippen molar-refractivity contribution in [2.75, 3.05) is 7.05 Å². The maximum absolute atomic E-state index is 13.4. The van der Waals surface area contributed by atoms with Gasteiger partial charge in [0.25, 0.3) is 0 Å². The van der Waals surface area contributed by atoms with Crippen LogP contribution < -0.4 is 0 Å². The highest BCUT2D eigenvalue weighted by Crippen LogP contribution is 2.27. The van der Waals surface area contributed by atoms with Crippen LogP contribution in [0.25, 0.3) is 0 Å². The lowest BCUT2D eigenvalue weighted by atomic mass is 10.1. The van der Waals surface area contributed by atoms with Crippen LogP contribution in [-0.2, 0) is 16.6 Å². The van der Waals surface area contributed by atoms with Crippen molar-refractivity contribution in [1.29, 1.82) is 0 Å². The molecule has 0 amide bonds. The minimum Gasteiger partial charge on any atom is -0.477 e. The average Bonchev–Trinajstić information content (AvgIpc) is 3.01. The fourth-order valence-electron chi connectivity index (χ4n) is 2.42. The molecular weight excluding hydrogens is 354 g/mol. The Hall–Kier alpha value is -2.26. The molecule has 2 rings (SSSR count). The number of aromatic nitrogens is 1. The van der Waals surface area contributed by atoms with Crippen LogP contribution in [0.4, 0.5) is 8.78 Å². The quantitative estimate of drug-likeness (QED) is 0.846. The Morgan fingerprint density at radius 1 is 1.28 bits per heavy atom. The second kappa shape index (κ2) is 6.93. The Kier molecular flexibility index (Phi) is 5.28. The lowest BCUT2D eigenvalue weighted by Gasteiger charge is -2.24. The van der Waals surface area contributed by atoms with Crippen molar-refractivity contribution in [2.24, 2.45) is 0 Å². The molecule has 9 heteroatoms. The van der Waals surface area contributed by atoms with Gasteiger partial charge in [0.15, 0.2) is 11.6 Å². The lowest BCUT2D eigenvalue weighted by Crippen LogP contribution is -2.29. The van der Waals surface area contributed by atoms with Crippen molar-refractivity contribution in [2.45, 2.75) is 31.3 Å². The number of aryl methyl sites for hydroxylation is 1. The van der Waals surface area contributed by atoms with Crippen molar-refractivity contribution in [3.8, 4) is 0 Å². The van der Waals surface area contributed by atoms with Gasteiger partial charge in [0.2, 0.25) is 10.0 Å². The molecule has 0 aliphatic heterocycles. The molecule has 1 heterocycles. The number of sulfonamides is 1. The van der Waals surface area contributed by atoms with Gasteiger partial charge in [0.1, 0.15) is 10.6 Å². The number of hydrogen-bond donors (Lipinski definition) is 1. The topological polar surface area (TPSA) is 79.6 Å². The Balaban J connectivity index is 2.41. The average molecular weight is 372 g/mol. The SMILES string of the molecule is CCn1cc(S(=O)(=O)N(C)C(C)c2ccc(F)c(F)c2)cc1C(=O)O. The van der Waals surface area contributed by atoms with Crippen LogP contribution in [-0.4, -0.2) is 35.4 Å². The molecule has 0 bridgehead atoms. The molecule has 0 aliphatic rings. The molecule has 0 saturated heterocycles. The Morgan fingerprint density at radius 3 is 2.40 bits per heavy atom. The van der Waals surface area contributed by atoms with E-state index in [1.165, 1.54) is 30.8 Å². The van der Waals surface area contributed by atoms with Crippen LogP contribution >= 0.6 is 0 Å². The summed E-state index contributed by atoms with van der Waals surface area (Å²) in [6.07, 6.45) is 1.24. The number of hydrogen-bond acceptors (Lipinski definition) is 3. The molecule has 25 heavy (non-hydrogen) atoms. The standard InChI is InChI=1S/C16H18F2N2O4S/c1-4-20-9-12(8-15(20)16(21)22)25(23,24)19(3)10(2)11-5-6-13(17)14(18)7-11/h5-10H,4H2,1-3H3,(H,21,22). The van der Waals surface area contributed by atoms with E-state index in [0.717, 1.165) is 22.5 Å². The zero-order chi connectivity index (χ0) is 18.9. The molecule has 1 aromatic heterocycles. The van der Waals surface area contributed by atoms with Gasteiger partial charge >= 0.3 is 5.97 Å². The molecule has 1 N–H and O–H groups in total. The van der Waals surface area contributed by atoms with Crippen LogP contribution in [0, 0.1) is 11.6 Å². The number of aromatic carboxylic acids is 1. The number of benzene rings is 1. The van der Waals surface area contributed by atoms with Crippen molar-refractivity contribution in [3.63, 3.8) is 0 Å². The Bertz CT molecular complexity index is 909. The molecular formula is C16H18F2N2O4S. The molecule has 136 valence electrons. The summed E-state index contributed by atoms with van der Waals surface area (Å²) in [6.45, 7) is 3.51. The second-order valence-electron chi connectivity index (χ2n) is 5.52. The molecule has 0 aliphatic carbocycles. The summed E-state index contributed by atoms with van der Waals surface area (Å²) >= 11 is 0. The van der Waals surface area contributed by atoms with E-state index in [2.05, 4.69) is 0 Å². The van der Waals surface area contributed by atoms with Gasteiger partial charge < -0.3 is 9.67 Å². The number of carboxylic acids is 1. The number of rotatable bonds is 6. The number of nitrogens with zero attached hydrogens (tertiary/aromatic N) is 2. The minimum absolute atomic E-state index is 0.144. The molecule has 0 fully saturated rings. The molecule has 1 unspecified atom stereocenters. The smallest absolute Gasteiger partial charge is 0.352 e. The van der Waals surface area contributed by atoms with E-state index in [1.807, 2.05) is 0 Å². The summed E-state index contributed by atoms with van der Waals surface area (Å²) in [7, 11) is -2.73. The first kappa shape index (κ1) is 19.1. The predicted octanol–water partition coefficient (Wildman–Crippen LogP) is 2.87. The van der Waals surface area contributed by atoms with Gasteiger partial charge in [-0.15, -0.1) is 0 Å². The largest absolute Gasteiger partial charge is 0.477 e. The third-order valence-electron chi connectivity index (χ3n) is 4.08. The highest BCUT2D eigenvalue weighted by Gasteiger charge is 2.29. The van der Waals surface area contributed by atoms with E-state index in [1.54, 1.807) is 6.92 Å². The summed E-state index contributed by atoms with van der Waals surface area (Å²) in [5, 5.41) is 9.15. The normalized spacial score (nSPS) is 13.2. The maximum atomic E-state index is 13.4. The summed E-state index contributed by atoms with van der Waals surface area (Å²) in [4.78, 5) is 11.0. The van der Waals surface area contributed by atoms with Crippen LogP contribution in [0.3, 0.4) is 0 Å². The van der Waals surface area contributed by atoms with Gasteiger partial charge in [-0.05, 0) is 37.6 Å². The van der Waals surface area contributed by atoms with Crippen molar-refractivity contribution in [3.05, 3.63) is 53.4 Å². The van der Waals surface area contributed by atoms with E-state index in [9.17, 15) is 22.0 Å². The summed E-state index contributed by atoms with van der Waals surface area (Å²) in [6, 6.07) is 3.46. The van der Waals surface area contributed by atoms with Crippen molar-refractivity contribution < 1.29 is 27.1 Å². The van der Waals surface area contributed by atoms with Crippen molar-refractivity contribution >= 4 is 16.0 Å². The molecule has 0 spiro atoms. The fraction of sp³-hybridized carbons (Fsp3) is 0.312. The van der Waals surface area contributed by atoms with Crippen LogP contribution in [0.2, 0.25) is 0 Å². The maximum Gasteiger partial charge on any atom is 0.352 e. The van der Waals surface area contributed by atoms with Gasteiger partial charge in [-0.1, -0.05) is 6.07 Å². The van der Waals surface area contributed by atoms with Crippen LogP contribution in [0.5, 0.6) is 0 Å². The molecule has 1 atom stereocenters. The van der Waals surface area contributed by atoms with Gasteiger partial charge in [-0.25, -0.2) is 22.0 Å². The molecule has 0 radical (unpaired) electrons. The number of carbonyl (C=O) groups is 1. The van der Waals surface area contributed by atoms with E-state index < -0.39 is 33.7 Å². The highest BCUT2D eigenvalue weighted by atomic mass is 32.2. The van der Waals surface area contributed by atoms with Gasteiger partial charge in [-0.3, -0.25) is 0 Å². The zero-order valence-electron chi connectivity index (χ0n) is 13.9. The van der Waals surface area contributed by atoms with Crippen LogP contribution in [0.1, 0.15) is 35.9 Å². The molecule has 2 aromatic rings. The number of halogens is 2. The van der Waals surface area contributed by atoms with E-state index >= 15 is 0 Å². The van der Waals surface area contributed by atoms with E-state index in [0.29, 0.717) is 6.54 Å². The Labute approximate surface area is 144 Å². The molecule has 0 saturated carbocycles. The predicted molar refractivity (Wildman–Crippen MR) is 86.8 cm³/mol. The van der Waals surface area contributed by atoms with Gasteiger partial charge in [0.05, 0.1) is 0 Å². The Morgan fingerprint density at radius 2 is 1.92 bits per heavy atom. The molecule has 6 nitrogen and oxygen atoms in total. The zero-order valence-corrected chi connectivity index (χ0v) is 14.7. The van der Waals surface area contributed by atoms with E-state index in [4.69, 9.17) is 5.11 Å². The minimum atomic E-state index is -4.02. The monoisotopic (exact) mass is 372 g/mol. The fourth-order valence-corrected chi connectivity index (χ4v) is 3.81. The summed E-state index contributed by atoms with van der Waals surface area (Å²) < 4.78 is 54.3. The molecule has 1 aromatic carbocycles. The summed E-state index contributed by atoms with van der Waals surface area (Å²) in [5.41, 5.74) is 0.133. The highest BCUT2D eigenvalue weighted by molar-refractivity contribution is 7.89. The lowest BCUT2D eigenvalue weighted by molar-refractivity contribution is 0.0685. The third kappa shape index (κ3) is 3.57. The van der Waals surface area contributed by atoms with Gasteiger partial charge in [0, 0.05) is 25.8 Å².